The van der Waals surface area contributed by atoms with E-state index >= 15 is 0 Å². The molecular formula is C44H75N5O10. The first-order valence-corrected chi connectivity index (χ1v) is 20.8. The average molecular weight is 834 g/mol. The van der Waals surface area contributed by atoms with Crippen molar-refractivity contribution < 1.29 is 47.7 Å². The molecular weight excluding hydrogens is 759 g/mol. The van der Waals surface area contributed by atoms with Crippen LogP contribution in [-0.2, 0) is 42.9 Å². The molecule has 3 rings (SSSR count). The molecule has 3 aliphatic rings. The van der Waals surface area contributed by atoms with Crippen LogP contribution in [0.5, 0.6) is 0 Å². The Hall–Kier alpha value is -4.40. The fourth-order valence-electron chi connectivity index (χ4n) is 6.85. The molecule has 15 nitrogen and oxygen atoms in total. The standard InChI is InChI=1S/C20H34N2O5.C15H26N2O3.C9H15NO2/c1-12(2)9-14(21-19(25)27-20(5,6)7)18(24)22-15(10-13(3)4)16(26-8)11-17(22)23;1-9(2)6-11(16)15(19)17-12(7-10(3)4)13(20-5)8-14(17)18;1-6(2)4-7-8(12-3)5-9(11)10-7/h11-15H,9-10H2,1-8H3,(H,21,25);8-12H,6-7,16H2,1-5H3;5-7H,4H2,1-3H3,(H,10,11)/t14-,15?;11-,12?;/m11./s1. The van der Waals surface area contributed by atoms with Gasteiger partial charge in [0.1, 0.15) is 28.9 Å². The first kappa shape index (κ1) is 52.6. The molecule has 5 atom stereocenters. The van der Waals surface area contributed by atoms with E-state index in [0.29, 0.717) is 55.0 Å². The van der Waals surface area contributed by atoms with Gasteiger partial charge in [-0.15, -0.1) is 0 Å². The maximum Gasteiger partial charge on any atom is 0.408 e. The van der Waals surface area contributed by atoms with Crippen molar-refractivity contribution in [3.8, 4) is 0 Å². The number of alkyl carbamates (subject to hydrolysis) is 1. The molecule has 6 amide bonds. The van der Waals surface area contributed by atoms with Gasteiger partial charge >= 0.3 is 6.09 Å². The van der Waals surface area contributed by atoms with Crippen molar-refractivity contribution in [3.63, 3.8) is 0 Å². The molecule has 0 radical (unpaired) electrons. The molecule has 4 N–H and O–H groups in total. The van der Waals surface area contributed by atoms with Gasteiger partial charge in [0.15, 0.2) is 0 Å². The van der Waals surface area contributed by atoms with Crippen LogP contribution in [0.2, 0.25) is 0 Å². The molecule has 0 aliphatic carbocycles. The monoisotopic (exact) mass is 834 g/mol. The number of methoxy groups -OCH3 is 3. The number of hydrogen-bond donors (Lipinski definition) is 3. The minimum Gasteiger partial charge on any atom is -0.499 e. The van der Waals surface area contributed by atoms with Crippen molar-refractivity contribution in [1.29, 1.82) is 0 Å². The molecule has 0 aromatic rings. The predicted octanol–water partition coefficient (Wildman–Crippen LogP) is 5.97. The van der Waals surface area contributed by atoms with E-state index in [4.69, 9.17) is 24.7 Å². The minimum atomic E-state index is -0.844. The summed E-state index contributed by atoms with van der Waals surface area (Å²) in [6.07, 6.45) is 6.78. The van der Waals surface area contributed by atoms with E-state index in [2.05, 4.69) is 24.5 Å². The summed E-state index contributed by atoms with van der Waals surface area (Å²) in [5.74, 6) is 1.88. The molecule has 0 aromatic carbocycles. The number of amides is 6. The number of ether oxygens (including phenoxy) is 4. The molecule has 0 saturated heterocycles. The van der Waals surface area contributed by atoms with Crippen LogP contribution in [0.15, 0.2) is 35.5 Å². The van der Waals surface area contributed by atoms with Crippen LogP contribution < -0.4 is 16.4 Å². The van der Waals surface area contributed by atoms with Gasteiger partial charge in [-0.05, 0) is 82.5 Å². The SMILES string of the molecule is COC1=CC(=O)N(C(=O)[C@@H](CC(C)C)NC(=O)OC(C)(C)C)C1CC(C)C.COC1=CC(=O)N(C(=O)[C@H](N)CC(C)C)C1CC(C)C.COC1=CC(=O)NC1CC(C)C. The van der Waals surface area contributed by atoms with Gasteiger partial charge in [0, 0.05) is 18.2 Å². The van der Waals surface area contributed by atoms with E-state index < -0.39 is 41.6 Å². The number of rotatable bonds is 16. The Bertz CT molecular complexity index is 1540. The summed E-state index contributed by atoms with van der Waals surface area (Å²) in [6.45, 7) is 25.5. The van der Waals surface area contributed by atoms with E-state index in [1.807, 2.05) is 55.4 Å². The Balaban J connectivity index is 0.000000476. The normalized spacial score (nSPS) is 20.1. The molecule has 0 fully saturated rings. The smallest absolute Gasteiger partial charge is 0.408 e. The van der Waals surface area contributed by atoms with Gasteiger partial charge < -0.3 is 35.3 Å². The van der Waals surface area contributed by atoms with Crippen molar-refractivity contribution >= 4 is 35.6 Å². The summed E-state index contributed by atoms with van der Waals surface area (Å²) >= 11 is 0. The first-order chi connectivity index (χ1) is 27.3. The Morgan fingerprint density at radius 3 is 1.46 bits per heavy atom. The highest BCUT2D eigenvalue weighted by molar-refractivity contribution is 6.06. The van der Waals surface area contributed by atoms with Crippen LogP contribution in [0.3, 0.4) is 0 Å². The Morgan fingerprint density at radius 2 is 1.08 bits per heavy atom. The molecule has 3 unspecified atom stereocenters. The topological polar surface area (TPSA) is 196 Å². The third-order valence-corrected chi connectivity index (χ3v) is 9.24. The van der Waals surface area contributed by atoms with Gasteiger partial charge in [-0.2, -0.15) is 0 Å². The van der Waals surface area contributed by atoms with E-state index in [-0.39, 0.29) is 41.6 Å². The number of nitrogens with zero attached hydrogens (tertiary/aromatic N) is 2. The molecule has 0 saturated carbocycles. The predicted molar refractivity (Wildman–Crippen MR) is 227 cm³/mol. The second-order valence-corrected chi connectivity index (χ2v) is 18.4. The number of carbonyl (C=O) groups is 6. The number of hydrogen-bond acceptors (Lipinski definition) is 11. The summed E-state index contributed by atoms with van der Waals surface area (Å²) in [6, 6.07) is -2.17. The minimum absolute atomic E-state index is 0.0440. The highest BCUT2D eigenvalue weighted by Gasteiger charge is 2.42. The Kier molecular flexibility index (Phi) is 21.4. The van der Waals surface area contributed by atoms with Crippen molar-refractivity contribution in [2.24, 2.45) is 35.3 Å². The van der Waals surface area contributed by atoms with Crippen LogP contribution in [0.25, 0.3) is 0 Å². The van der Waals surface area contributed by atoms with Crippen LogP contribution in [0, 0.1) is 29.6 Å². The van der Waals surface area contributed by atoms with Crippen molar-refractivity contribution in [2.75, 3.05) is 21.3 Å². The van der Waals surface area contributed by atoms with Crippen LogP contribution in [-0.4, -0.2) is 103 Å². The third-order valence-electron chi connectivity index (χ3n) is 9.24. The lowest BCUT2D eigenvalue weighted by atomic mass is 9.99. The zero-order chi connectivity index (χ0) is 45.5. The summed E-state index contributed by atoms with van der Waals surface area (Å²) < 4.78 is 20.9. The Morgan fingerprint density at radius 1 is 0.661 bits per heavy atom. The lowest BCUT2D eigenvalue weighted by Gasteiger charge is -2.31. The van der Waals surface area contributed by atoms with Crippen LogP contribution in [0.1, 0.15) is 122 Å². The molecule has 336 valence electrons. The third kappa shape index (κ3) is 17.4. The number of imide groups is 2. The number of nitrogens with one attached hydrogen (secondary N) is 2. The van der Waals surface area contributed by atoms with Gasteiger partial charge in [-0.3, -0.25) is 33.8 Å². The highest BCUT2D eigenvalue weighted by atomic mass is 16.6. The van der Waals surface area contributed by atoms with Gasteiger partial charge in [0.25, 0.3) is 17.7 Å². The highest BCUT2D eigenvalue weighted by Crippen LogP contribution is 2.29. The quantitative estimate of drug-likeness (QED) is 0.166. The van der Waals surface area contributed by atoms with Gasteiger partial charge in [0.05, 0.1) is 45.5 Å². The zero-order valence-corrected chi connectivity index (χ0v) is 38.6. The van der Waals surface area contributed by atoms with E-state index in [0.717, 1.165) is 12.2 Å². The lowest BCUT2D eigenvalue weighted by Crippen LogP contribution is -2.53. The summed E-state index contributed by atoms with van der Waals surface area (Å²) in [7, 11) is 4.61. The molecule has 0 bridgehead atoms. The van der Waals surface area contributed by atoms with Crippen molar-refractivity contribution in [3.05, 3.63) is 35.5 Å². The zero-order valence-electron chi connectivity index (χ0n) is 38.6. The molecule has 0 spiro atoms. The van der Waals surface area contributed by atoms with E-state index in [9.17, 15) is 28.8 Å². The van der Waals surface area contributed by atoms with E-state index in [1.165, 1.54) is 42.2 Å². The average Bonchev–Trinajstić information content (AvgIpc) is 3.72. The largest absolute Gasteiger partial charge is 0.499 e. The molecule has 0 aromatic heterocycles. The number of nitrogens with two attached hydrogens (primary N) is 1. The summed E-state index contributed by atoms with van der Waals surface area (Å²) in [4.78, 5) is 75.8. The maximum absolute atomic E-state index is 13.2. The molecule has 3 aliphatic heterocycles. The maximum atomic E-state index is 13.2. The molecule has 3 heterocycles. The number of carbonyl (C=O) groups excluding carboxylic acids is 6. The van der Waals surface area contributed by atoms with Crippen LogP contribution >= 0.6 is 0 Å². The molecule has 15 heteroatoms. The fraction of sp³-hybridized carbons (Fsp3) is 0.727. The lowest BCUT2D eigenvalue weighted by molar-refractivity contribution is -0.146. The summed E-state index contributed by atoms with van der Waals surface area (Å²) in [5, 5.41) is 5.47. The van der Waals surface area contributed by atoms with Gasteiger partial charge in [0.2, 0.25) is 11.8 Å². The first-order valence-electron chi connectivity index (χ1n) is 20.8. The van der Waals surface area contributed by atoms with Gasteiger partial charge in [-0.1, -0.05) is 69.2 Å². The van der Waals surface area contributed by atoms with Crippen molar-refractivity contribution in [1.82, 2.24) is 20.4 Å². The summed E-state index contributed by atoms with van der Waals surface area (Å²) in [5.41, 5.74) is 5.26. The van der Waals surface area contributed by atoms with Gasteiger partial charge in [-0.25, -0.2) is 4.79 Å². The second-order valence-electron chi connectivity index (χ2n) is 18.4. The fourth-order valence-corrected chi connectivity index (χ4v) is 6.85. The van der Waals surface area contributed by atoms with Crippen molar-refractivity contribution in [2.45, 2.75) is 158 Å². The molecule has 59 heavy (non-hydrogen) atoms. The van der Waals surface area contributed by atoms with E-state index in [1.54, 1.807) is 27.9 Å². The van der Waals surface area contributed by atoms with Crippen LogP contribution in [0.4, 0.5) is 4.79 Å². The Labute approximate surface area is 353 Å². The second kappa shape index (κ2) is 24.0.